The predicted molar refractivity (Wildman–Crippen MR) is 74.5 cm³/mol. The minimum Gasteiger partial charge on any atom is -0.491 e. The molecule has 0 unspecified atom stereocenters. The molecule has 0 bridgehead atoms. The van der Waals surface area contributed by atoms with E-state index in [2.05, 4.69) is 11.9 Å². The fraction of sp³-hybridized carbons (Fsp3) is 0.400. The highest BCUT2D eigenvalue weighted by Crippen LogP contribution is 2.23. The van der Waals surface area contributed by atoms with Crippen molar-refractivity contribution in [3.63, 3.8) is 0 Å². The third-order valence-electron chi connectivity index (χ3n) is 3.13. The SMILES string of the molecule is CCCOc1cccc2c(=O)c(CC)c(C)[nH]c12. The molecule has 0 aliphatic heterocycles. The second-order valence-corrected chi connectivity index (χ2v) is 4.44. The number of nitrogens with one attached hydrogen (secondary N) is 1. The standard InChI is InChI=1S/C15H19NO2/c1-4-9-18-13-8-6-7-12-14(13)16-10(3)11(5-2)15(12)17/h6-8H,4-5,9H2,1-3H3,(H,16,17). The molecule has 0 atom stereocenters. The highest BCUT2D eigenvalue weighted by Gasteiger charge is 2.10. The first-order valence-corrected chi connectivity index (χ1v) is 6.46. The number of fused-ring (bicyclic) bond motifs is 1. The summed E-state index contributed by atoms with van der Waals surface area (Å²) in [7, 11) is 0. The summed E-state index contributed by atoms with van der Waals surface area (Å²) in [5.74, 6) is 0.761. The molecule has 0 saturated carbocycles. The van der Waals surface area contributed by atoms with Crippen LogP contribution in [0, 0.1) is 6.92 Å². The van der Waals surface area contributed by atoms with E-state index in [1.807, 2.05) is 32.0 Å². The van der Waals surface area contributed by atoms with Crippen molar-refractivity contribution in [3.05, 3.63) is 39.7 Å². The van der Waals surface area contributed by atoms with Crippen LogP contribution in [-0.4, -0.2) is 11.6 Å². The van der Waals surface area contributed by atoms with Crippen molar-refractivity contribution in [2.45, 2.75) is 33.6 Å². The van der Waals surface area contributed by atoms with Gasteiger partial charge in [0.2, 0.25) is 0 Å². The quantitative estimate of drug-likeness (QED) is 0.898. The Morgan fingerprint density at radius 2 is 2.06 bits per heavy atom. The molecule has 0 aliphatic carbocycles. The summed E-state index contributed by atoms with van der Waals surface area (Å²) in [6, 6.07) is 5.63. The monoisotopic (exact) mass is 245 g/mol. The number of aromatic amines is 1. The van der Waals surface area contributed by atoms with Gasteiger partial charge in [0, 0.05) is 16.6 Å². The van der Waals surface area contributed by atoms with Gasteiger partial charge in [0.25, 0.3) is 0 Å². The lowest BCUT2D eigenvalue weighted by atomic mass is 10.1. The smallest absolute Gasteiger partial charge is 0.192 e. The highest BCUT2D eigenvalue weighted by atomic mass is 16.5. The van der Waals surface area contributed by atoms with Crippen LogP contribution in [0.5, 0.6) is 5.75 Å². The number of rotatable bonds is 4. The molecule has 0 spiro atoms. The number of para-hydroxylation sites is 1. The Morgan fingerprint density at radius 3 is 2.72 bits per heavy atom. The molecule has 0 radical (unpaired) electrons. The van der Waals surface area contributed by atoms with Crippen LogP contribution in [-0.2, 0) is 6.42 Å². The maximum absolute atomic E-state index is 12.3. The molecule has 0 aliphatic rings. The molecule has 18 heavy (non-hydrogen) atoms. The van der Waals surface area contributed by atoms with E-state index < -0.39 is 0 Å². The van der Waals surface area contributed by atoms with E-state index in [0.29, 0.717) is 12.0 Å². The van der Waals surface area contributed by atoms with Gasteiger partial charge in [0.15, 0.2) is 5.43 Å². The fourth-order valence-electron chi connectivity index (χ4n) is 2.20. The maximum Gasteiger partial charge on any atom is 0.192 e. The molecular formula is C15H19NO2. The van der Waals surface area contributed by atoms with Gasteiger partial charge in [-0.15, -0.1) is 0 Å². The Morgan fingerprint density at radius 1 is 1.28 bits per heavy atom. The van der Waals surface area contributed by atoms with Gasteiger partial charge in [-0.25, -0.2) is 0 Å². The first kappa shape index (κ1) is 12.7. The molecule has 96 valence electrons. The van der Waals surface area contributed by atoms with Crippen LogP contribution >= 0.6 is 0 Å². The molecule has 1 N–H and O–H groups in total. The highest BCUT2D eigenvalue weighted by molar-refractivity contribution is 5.85. The lowest BCUT2D eigenvalue weighted by Crippen LogP contribution is -2.13. The van der Waals surface area contributed by atoms with Crippen molar-refractivity contribution in [1.29, 1.82) is 0 Å². The number of benzene rings is 1. The van der Waals surface area contributed by atoms with Gasteiger partial charge in [0.1, 0.15) is 5.75 Å². The molecule has 1 aromatic carbocycles. The van der Waals surface area contributed by atoms with E-state index in [1.165, 1.54) is 0 Å². The topological polar surface area (TPSA) is 42.1 Å². The number of pyridine rings is 1. The van der Waals surface area contributed by atoms with E-state index in [0.717, 1.165) is 35.4 Å². The third-order valence-corrected chi connectivity index (χ3v) is 3.13. The zero-order chi connectivity index (χ0) is 13.1. The number of aryl methyl sites for hydroxylation is 1. The largest absolute Gasteiger partial charge is 0.491 e. The number of H-pyrrole nitrogens is 1. The predicted octanol–water partition coefficient (Wildman–Crippen LogP) is 3.19. The molecule has 1 aromatic heterocycles. The zero-order valence-electron chi connectivity index (χ0n) is 11.2. The fourth-order valence-corrected chi connectivity index (χ4v) is 2.20. The number of hydrogen-bond donors (Lipinski definition) is 1. The second-order valence-electron chi connectivity index (χ2n) is 4.44. The van der Waals surface area contributed by atoms with Crippen LogP contribution in [0.25, 0.3) is 10.9 Å². The summed E-state index contributed by atoms with van der Waals surface area (Å²) >= 11 is 0. The van der Waals surface area contributed by atoms with Crippen LogP contribution in [0.2, 0.25) is 0 Å². The molecule has 1 heterocycles. The minimum atomic E-state index is 0.116. The molecule has 3 heteroatoms. The number of hydrogen-bond acceptors (Lipinski definition) is 2. The summed E-state index contributed by atoms with van der Waals surface area (Å²) in [5, 5.41) is 0.714. The summed E-state index contributed by atoms with van der Waals surface area (Å²) in [6.45, 7) is 6.67. The molecule has 0 fully saturated rings. The summed E-state index contributed by atoms with van der Waals surface area (Å²) in [5.41, 5.74) is 2.72. The minimum absolute atomic E-state index is 0.116. The summed E-state index contributed by atoms with van der Waals surface area (Å²) in [6.07, 6.45) is 1.70. The van der Waals surface area contributed by atoms with Gasteiger partial charge in [-0.3, -0.25) is 4.79 Å². The number of aromatic nitrogens is 1. The summed E-state index contributed by atoms with van der Waals surface area (Å²) < 4.78 is 5.68. The van der Waals surface area contributed by atoms with E-state index in [4.69, 9.17) is 4.74 Å². The Labute approximate surface area is 107 Å². The normalized spacial score (nSPS) is 10.8. The van der Waals surface area contributed by atoms with Crippen LogP contribution in [0.4, 0.5) is 0 Å². The number of ether oxygens (including phenoxy) is 1. The van der Waals surface area contributed by atoms with Crippen LogP contribution in [0.15, 0.2) is 23.0 Å². The van der Waals surface area contributed by atoms with Gasteiger partial charge in [-0.1, -0.05) is 19.9 Å². The van der Waals surface area contributed by atoms with Crippen LogP contribution < -0.4 is 10.2 Å². The molecule has 2 rings (SSSR count). The zero-order valence-corrected chi connectivity index (χ0v) is 11.2. The van der Waals surface area contributed by atoms with Crippen molar-refractivity contribution >= 4 is 10.9 Å². The first-order valence-electron chi connectivity index (χ1n) is 6.46. The molecule has 2 aromatic rings. The van der Waals surface area contributed by atoms with Crippen LogP contribution in [0.3, 0.4) is 0 Å². The van der Waals surface area contributed by atoms with Crippen molar-refractivity contribution in [3.8, 4) is 5.75 Å². The van der Waals surface area contributed by atoms with Gasteiger partial charge in [-0.2, -0.15) is 0 Å². The van der Waals surface area contributed by atoms with Crippen molar-refractivity contribution < 1.29 is 4.74 Å². The van der Waals surface area contributed by atoms with E-state index in [-0.39, 0.29) is 5.43 Å². The molecule has 0 saturated heterocycles. The third kappa shape index (κ3) is 2.13. The van der Waals surface area contributed by atoms with Crippen molar-refractivity contribution in [2.24, 2.45) is 0 Å². The Bertz CT molecular complexity index is 614. The second kappa shape index (κ2) is 5.25. The molecular weight excluding hydrogens is 226 g/mol. The van der Waals surface area contributed by atoms with Crippen LogP contribution in [0.1, 0.15) is 31.5 Å². The lowest BCUT2D eigenvalue weighted by Gasteiger charge is -2.11. The molecule has 3 nitrogen and oxygen atoms in total. The first-order chi connectivity index (χ1) is 8.69. The average molecular weight is 245 g/mol. The average Bonchev–Trinajstić information content (AvgIpc) is 2.37. The lowest BCUT2D eigenvalue weighted by molar-refractivity contribution is 0.320. The molecule has 0 amide bonds. The Kier molecular flexibility index (Phi) is 3.70. The van der Waals surface area contributed by atoms with Crippen molar-refractivity contribution in [2.75, 3.05) is 6.61 Å². The maximum atomic E-state index is 12.3. The summed E-state index contributed by atoms with van der Waals surface area (Å²) in [4.78, 5) is 15.6. The van der Waals surface area contributed by atoms with Gasteiger partial charge in [-0.05, 0) is 31.9 Å². The van der Waals surface area contributed by atoms with Crippen molar-refractivity contribution in [1.82, 2.24) is 4.98 Å². The Hall–Kier alpha value is -1.77. The van der Waals surface area contributed by atoms with E-state index >= 15 is 0 Å². The van der Waals surface area contributed by atoms with Gasteiger partial charge < -0.3 is 9.72 Å². The Balaban J connectivity index is 2.67. The van der Waals surface area contributed by atoms with Gasteiger partial charge in [0.05, 0.1) is 12.1 Å². The van der Waals surface area contributed by atoms with Gasteiger partial charge >= 0.3 is 0 Å². The van der Waals surface area contributed by atoms with E-state index in [9.17, 15) is 4.79 Å². The van der Waals surface area contributed by atoms with E-state index in [1.54, 1.807) is 0 Å².